The van der Waals surface area contributed by atoms with Crippen LogP contribution < -0.4 is 0 Å². The van der Waals surface area contributed by atoms with E-state index in [0.29, 0.717) is 11.4 Å². The lowest BCUT2D eigenvalue weighted by atomic mass is 10.1. The van der Waals surface area contributed by atoms with Crippen LogP contribution in [-0.4, -0.2) is 30.4 Å². The molecule has 0 amide bonds. The van der Waals surface area contributed by atoms with Gasteiger partial charge in [0.15, 0.2) is 0 Å². The standard InChI is InChI=1S/C14H21NO3S/c1-11-5-3-4-10-15(11)19(17,18)14-8-6-13(7-9-14)12(2)16/h6-9,11-12,16H,3-5,10H2,1-2H3. The predicted molar refractivity (Wildman–Crippen MR) is 74.3 cm³/mol. The Balaban J connectivity index is 2.28. The predicted octanol–water partition coefficient (Wildman–Crippen LogP) is 2.30. The van der Waals surface area contributed by atoms with Gasteiger partial charge in [0.1, 0.15) is 0 Å². The summed E-state index contributed by atoms with van der Waals surface area (Å²) in [5, 5.41) is 9.45. The van der Waals surface area contributed by atoms with E-state index in [0.717, 1.165) is 24.8 Å². The van der Waals surface area contributed by atoms with Crippen LogP contribution in [0.3, 0.4) is 0 Å². The molecule has 1 fully saturated rings. The molecule has 1 heterocycles. The molecular formula is C14H21NO3S. The lowest BCUT2D eigenvalue weighted by Gasteiger charge is -2.32. The van der Waals surface area contributed by atoms with Crippen LogP contribution in [0.4, 0.5) is 0 Å². The molecule has 2 rings (SSSR count). The van der Waals surface area contributed by atoms with Crippen molar-refractivity contribution in [3.63, 3.8) is 0 Å². The SMILES string of the molecule is CC(O)c1ccc(S(=O)(=O)N2CCCCC2C)cc1. The van der Waals surface area contributed by atoms with Crippen LogP contribution in [0.25, 0.3) is 0 Å². The van der Waals surface area contributed by atoms with Gasteiger partial charge >= 0.3 is 0 Å². The van der Waals surface area contributed by atoms with Crippen molar-refractivity contribution in [1.82, 2.24) is 4.31 Å². The molecule has 0 aliphatic carbocycles. The van der Waals surface area contributed by atoms with Crippen LogP contribution >= 0.6 is 0 Å². The first-order valence-electron chi connectivity index (χ1n) is 6.73. The average Bonchev–Trinajstić information content (AvgIpc) is 2.39. The summed E-state index contributed by atoms with van der Waals surface area (Å²) in [5.41, 5.74) is 0.727. The minimum Gasteiger partial charge on any atom is -0.389 e. The van der Waals surface area contributed by atoms with Crippen molar-refractivity contribution in [2.24, 2.45) is 0 Å². The van der Waals surface area contributed by atoms with Crippen LogP contribution in [0.15, 0.2) is 29.2 Å². The Hall–Kier alpha value is -0.910. The van der Waals surface area contributed by atoms with Gasteiger partial charge in [0.2, 0.25) is 10.0 Å². The molecule has 1 aliphatic heterocycles. The Bertz CT molecular complexity index is 522. The van der Waals surface area contributed by atoms with Crippen molar-refractivity contribution >= 4 is 10.0 Å². The van der Waals surface area contributed by atoms with Gasteiger partial charge < -0.3 is 5.11 Å². The van der Waals surface area contributed by atoms with Gasteiger partial charge in [0.05, 0.1) is 11.0 Å². The Morgan fingerprint density at radius 3 is 2.42 bits per heavy atom. The zero-order valence-corrected chi connectivity index (χ0v) is 12.2. The normalized spacial score (nSPS) is 23.2. The minimum absolute atomic E-state index is 0.0650. The Kier molecular flexibility index (Phi) is 4.28. The third kappa shape index (κ3) is 2.99. The average molecular weight is 283 g/mol. The number of nitrogens with zero attached hydrogens (tertiary/aromatic N) is 1. The third-order valence-electron chi connectivity index (χ3n) is 3.71. The Morgan fingerprint density at radius 2 is 1.89 bits per heavy atom. The van der Waals surface area contributed by atoms with Crippen molar-refractivity contribution in [1.29, 1.82) is 0 Å². The van der Waals surface area contributed by atoms with E-state index in [1.54, 1.807) is 35.5 Å². The molecule has 5 heteroatoms. The highest BCUT2D eigenvalue weighted by molar-refractivity contribution is 7.89. The minimum atomic E-state index is -3.40. The summed E-state index contributed by atoms with van der Waals surface area (Å²) in [6, 6.07) is 6.57. The number of piperidine rings is 1. The van der Waals surface area contributed by atoms with Gasteiger partial charge in [-0.15, -0.1) is 0 Å². The lowest BCUT2D eigenvalue weighted by Crippen LogP contribution is -2.41. The second-order valence-electron chi connectivity index (χ2n) is 5.21. The first kappa shape index (κ1) is 14.5. The van der Waals surface area contributed by atoms with Crippen molar-refractivity contribution in [3.05, 3.63) is 29.8 Å². The summed E-state index contributed by atoms with van der Waals surface area (Å²) in [7, 11) is -3.40. The number of hydrogen-bond acceptors (Lipinski definition) is 3. The zero-order valence-electron chi connectivity index (χ0n) is 11.4. The number of sulfonamides is 1. The van der Waals surface area contributed by atoms with Gasteiger partial charge in [-0.2, -0.15) is 4.31 Å². The van der Waals surface area contributed by atoms with Gasteiger partial charge in [0.25, 0.3) is 0 Å². The van der Waals surface area contributed by atoms with E-state index < -0.39 is 16.1 Å². The molecular weight excluding hydrogens is 262 g/mol. The highest BCUT2D eigenvalue weighted by atomic mass is 32.2. The molecule has 1 N–H and O–H groups in total. The number of hydrogen-bond donors (Lipinski definition) is 1. The highest BCUT2D eigenvalue weighted by Gasteiger charge is 2.30. The van der Waals surface area contributed by atoms with E-state index in [2.05, 4.69) is 0 Å². The van der Waals surface area contributed by atoms with Crippen molar-refractivity contribution in [3.8, 4) is 0 Å². The number of aliphatic hydroxyl groups excluding tert-OH is 1. The zero-order chi connectivity index (χ0) is 14.0. The number of benzene rings is 1. The topological polar surface area (TPSA) is 57.6 Å². The largest absolute Gasteiger partial charge is 0.389 e. The quantitative estimate of drug-likeness (QED) is 0.926. The van der Waals surface area contributed by atoms with Crippen LogP contribution in [0.5, 0.6) is 0 Å². The first-order valence-corrected chi connectivity index (χ1v) is 8.17. The monoisotopic (exact) mass is 283 g/mol. The van der Waals surface area contributed by atoms with Crippen molar-refractivity contribution in [2.45, 2.75) is 50.2 Å². The highest BCUT2D eigenvalue weighted by Crippen LogP contribution is 2.25. The fraction of sp³-hybridized carbons (Fsp3) is 0.571. The molecule has 0 saturated carbocycles. The molecule has 19 heavy (non-hydrogen) atoms. The fourth-order valence-corrected chi connectivity index (χ4v) is 4.18. The van der Waals surface area contributed by atoms with Crippen LogP contribution in [-0.2, 0) is 10.0 Å². The summed E-state index contributed by atoms with van der Waals surface area (Å²) in [5.74, 6) is 0. The number of rotatable bonds is 3. The molecule has 0 radical (unpaired) electrons. The maximum atomic E-state index is 12.5. The summed E-state index contributed by atoms with van der Waals surface area (Å²) >= 11 is 0. The van der Waals surface area contributed by atoms with Gasteiger partial charge in [-0.3, -0.25) is 0 Å². The van der Waals surface area contributed by atoms with Crippen molar-refractivity contribution < 1.29 is 13.5 Å². The smallest absolute Gasteiger partial charge is 0.243 e. The van der Waals surface area contributed by atoms with Crippen LogP contribution in [0.2, 0.25) is 0 Å². The fourth-order valence-electron chi connectivity index (χ4n) is 2.48. The molecule has 1 aromatic rings. The summed E-state index contributed by atoms with van der Waals surface area (Å²) in [4.78, 5) is 0.311. The summed E-state index contributed by atoms with van der Waals surface area (Å²) in [6.07, 6.45) is 2.36. The molecule has 2 atom stereocenters. The van der Waals surface area contributed by atoms with E-state index in [1.807, 2.05) is 6.92 Å². The van der Waals surface area contributed by atoms with Gasteiger partial charge in [-0.1, -0.05) is 18.6 Å². The molecule has 1 saturated heterocycles. The van der Waals surface area contributed by atoms with Crippen LogP contribution in [0, 0.1) is 0 Å². The van der Waals surface area contributed by atoms with E-state index in [9.17, 15) is 13.5 Å². The molecule has 1 aliphatic rings. The van der Waals surface area contributed by atoms with E-state index in [-0.39, 0.29) is 6.04 Å². The molecule has 1 aromatic carbocycles. The van der Waals surface area contributed by atoms with Gasteiger partial charge in [-0.05, 0) is 44.4 Å². The maximum absolute atomic E-state index is 12.5. The summed E-state index contributed by atoms with van der Waals surface area (Å²) in [6.45, 7) is 4.22. The maximum Gasteiger partial charge on any atom is 0.243 e. The third-order valence-corrected chi connectivity index (χ3v) is 5.74. The molecule has 4 nitrogen and oxygen atoms in total. The molecule has 106 valence electrons. The number of aliphatic hydroxyl groups is 1. The van der Waals surface area contributed by atoms with E-state index in [4.69, 9.17) is 0 Å². The van der Waals surface area contributed by atoms with E-state index in [1.165, 1.54) is 0 Å². The molecule has 0 bridgehead atoms. The Morgan fingerprint density at radius 1 is 1.26 bits per heavy atom. The van der Waals surface area contributed by atoms with Gasteiger partial charge in [0, 0.05) is 12.6 Å². The summed E-state index contributed by atoms with van der Waals surface area (Å²) < 4.78 is 26.7. The second kappa shape index (κ2) is 5.61. The molecule has 0 aromatic heterocycles. The molecule has 0 spiro atoms. The van der Waals surface area contributed by atoms with Crippen LogP contribution in [0.1, 0.15) is 44.8 Å². The lowest BCUT2D eigenvalue weighted by molar-refractivity contribution is 0.199. The molecule has 2 unspecified atom stereocenters. The first-order chi connectivity index (χ1) is 8.93. The Labute approximate surface area is 115 Å². The van der Waals surface area contributed by atoms with Crippen molar-refractivity contribution in [2.75, 3.05) is 6.54 Å². The second-order valence-corrected chi connectivity index (χ2v) is 7.10. The van der Waals surface area contributed by atoms with Gasteiger partial charge in [-0.25, -0.2) is 8.42 Å². The van der Waals surface area contributed by atoms with E-state index >= 15 is 0 Å².